The van der Waals surface area contributed by atoms with Gasteiger partial charge in [0.05, 0.1) is 12.5 Å². The van der Waals surface area contributed by atoms with Gasteiger partial charge in [0.1, 0.15) is 0 Å². The lowest BCUT2D eigenvalue weighted by atomic mass is 10.2. The summed E-state index contributed by atoms with van der Waals surface area (Å²) in [5.41, 5.74) is 0.838. The van der Waals surface area contributed by atoms with E-state index < -0.39 is 12.1 Å². The number of carbonyl (C=O) groups excluding carboxylic acids is 2. The zero-order valence-corrected chi connectivity index (χ0v) is 14.0. The SMILES string of the molecule is C[C@H](OC(=O)/C=C/c1ccccc1Br)C(=O)N(C)CCC#N. The van der Waals surface area contributed by atoms with Crippen LogP contribution in [0, 0.1) is 11.3 Å². The van der Waals surface area contributed by atoms with E-state index in [2.05, 4.69) is 15.9 Å². The first kappa shape index (κ1) is 17.9. The smallest absolute Gasteiger partial charge is 0.331 e. The van der Waals surface area contributed by atoms with E-state index in [1.165, 1.54) is 17.9 Å². The van der Waals surface area contributed by atoms with Crippen molar-refractivity contribution in [2.75, 3.05) is 13.6 Å². The molecule has 1 aromatic carbocycles. The Morgan fingerprint density at radius 1 is 1.45 bits per heavy atom. The zero-order chi connectivity index (χ0) is 16.5. The molecule has 0 N–H and O–H groups in total. The van der Waals surface area contributed by atoms with Crippen LogP contribution in [0.3, 0.4) is 0 Å². The number of ether oxygens (including phenoxy) is 1. The van der Waals surface area contributed by atoms with E-state index >= 15 is 0 Å². The second kappa shape index (κ2) is 9.00. The summed E-state index contributed by atoms with van der Waals surface area (Å²) >= 11 is 3.37. The lowest BCUT2D eigenvalue weighted by Crippen LogP contribution is -2.37. The van der Waals surface area contributed by atoms with E-state index in [1.54, 1.807) is 13.1 Å². The van der Waals surface area contributed by atoms with Gasteiger partial charge in [0.2, 0.25) is 0 Å². The monoisotopic (exact) mass is 364 g/mol. The molecule has 1 atom stereocenters. The standard InChI is InChI=1S/C16H17BrN2O3/c1-12(16(21)19(2)11-5-10-18)22-15(20)9-8-13-6-3-4-7-14(13)17/h3-4,6-9,12H,5,11H2,1-2H3/b9-8+/t12-/m0/s1. The van der Waals surface area contributed by atoms with Crippen molar-refractivity contribution in [2.45, 2.75) is 19.4 Å². The van der Waals surface area contributed by atoms with E-state index in [0.717, 1.165) is 10.0 Å². The molecule has 0 saturated carbocycles. The van der Waals surface area contributed by atoms with Gasteiger partial charge in [-0.3, -0.25) is 4.79 Å². The Labute approximate surface area is 138 Å². The number of nitriles is 1. The number of hydrogen-bond donors (Lipinski definition) is 0. The fourth-order valence-corrected chi connectivity index (χ4v) is 2.09. The molecule has 0 fully saturated rings. The molecule has 0 aromatic heterocycles. The predicted octanol–water partition coefficient (Wildman–Crippen LogP) is 2.77. The Bertz CT molecular complexity index is 608. The topological polar surface area (TPSA) is 70.4 Å². The minimum atomic E-state index is -0.889. The van der Waals surface area contributed by atoms with Crippen LogP contribution in [0.25, 0.3) is 6.08 Å². The first-order chi connectivity index (χ1) is 10.5. The number of hydrogen-bond acceptors (Lipinski definition) is 4. The van der Waals surface area contributed by atoms with Gasteiger partial charge >= 0.3 is 5.97 Å². The second-order valence-corrected chi connectivity index (χ2v) is 5.46. The maximum Gasteiger partial charge on any atom is 0.331 e. The summed E-state index contributed by atoms with van der Waals surface area (Å²) in [6.07, 6.45) is 2.24. The molecular weight excluding hydrogens is 348 g/mol. The van der Waals surface area contributed by atoms with Crippen LogP contribution in [0.4, 0.5) is 0 Å². The van der Waals surface area contributed by atoms with Crippen molar-refractivity contribution in [3.05, 3.63) is 40.4 Å². The van der Waals surface area contributed by atoms with Crippen molar-refractivity contribution in [3.63, 3.8) is 0 Å². The fourth-order valence-electron chi connectivity index (χ4n) is 1.67. The summed E-state index contributed by atoms with van der Waals surface area (Å²) in [5.74, 6) is -0.928. The largest absolute Gasteiger partial charge is 0.449 e. The van der Waals surface area contributed by atoms with Crippen molar-refractivity contribution in [2.24, 2.45) is 0 Å². The normalized spacial score (nSPS) is 11.7. The molecule has 0 saturated heterocycles. The van der Waals surface area contributed by atoms with Crippen LogP contribution in [0.5, 0.6) is 0 Å². The number of nitrogens with zero attached hydrogens (tertiary/aromatic N) is 2. The van der Waals surface area contributed by atoms with Gasteiger partial charge in [-0.1, -0.05) is 34.1 Å². The predicted molar refractivity (Wildman–Crippen MR) is 86.6 cm³/mol. The van der Waals surface area contributed by atoms with E-state index in [-0.39, 0.29) is 12.3 Å². The summed E-state index contributed by atoms with van der Waals surface area (Å²) in [7, 11) is 1.57. The van der Waals surface area contributed by atoms with Gasteiger partial charge in [-0.25, -0.2) is 4.79 Å². The summed E-state index contributed by atoms with van der Waals surface area (Å²) in [6, 6.07) is 9.39. The molecule has 0 aliphatic carbocycles. The highest BCUT2D eigenvalue weighted by molar-refractivity contribution is 9.10. The van der Waals surface area contributed by atoms with Gasteiger partial charge in [-0.15, -0.1) is 0 Å². The molecule has 22 heavy (non-hydrogen) atoms. The minimum absolute atomic E-state index is 0.241. The number of amides is 1. The van der Waals surface area contributed by atoms with Crippen LogP contribution in [0.1, 0.15) is 18.9 Å². The first-order valence-electron chi connectivity index (χ1n) is 6.71. The molecule has 6 heteroatoms. The molecule has 0 heterocycles. The lowest BCUT2D eigenvalue weighted by Gasteiger charge is -2.19. The highest BCUT2D eigenvalue weighted by Crippen LogP contribution is 2.17. The molecule has 0 aliphatic heterocycles. The summed E-state index contributed by atoms with van der Waals surface area (Å²) in [5, 5.41) is 8.50. The number of halogens is 1. The van der Waals surface area contributed by atoms with E-state index in [4.69, 9.17) is 10.00 Å². The van der Waals surface area contributed by atoms with Crippen LogP contribution in [-0.4, -0.2) is 36.5 Å². The van der Waals surface area contributed by atoms with E-state index in [9.17, 15) is 9.59 Å². The number of carbonyl (C=O) groups is 2. The average Bonchev–Trinajstić information content (AvgIpc) is 2.50. The minimum Gasteiger partial charge on any atom is -0.449 e. The third kappa shape index (κ3) is 5.70. The molecule has 1 aromatic rings. The Morgan fingerprint density at radius 2 is 2.14 bits per heavy atom. The van der Waals surface area contributed by atoms with Crippen molar-refractivity contribution in [1.82, 2.24) is 4.90 Å². The summed E-state index contributed by atoms with van der Waals surface area (Å²) in [4.78, 5) is 25.0. The highest BCUT2D eigenvalue weighted by atomic mass is 79.9. The van der Waals surface area contributed by atoms with Crippen LogP contribution in [0.15, 0.2) is 34.8 Å². The van der Waals surface area contributed by atoms with E-state index in [1.807, 2.05) is 30.3 Å². The Morgan fingerprint density at radius 3 is 2.77 bits per heavy atom. The fraction of sp³-hybridized carbons (Fsp3) is 0.312. The lowest BCUT2D eigenvalue weighted by molar-refractivity contribution is -0.154. The molecule has 0 aliphatic rings. The van der Waals surface area contributed by atoms with Crippen LogP contribution in [-0.2, 0) is 14.3 Å². The highest BCUT2D eigenvalue weighted by Gasteiger charge is 2.20. The first-order valence-corrected chi connectivity index (χ1v) is 7.50. The molecule has 116 valence electrons. The summed E-state index contributed by atoms with van der Waals surface area (Å²) in [6.45, 7) is 1.82. The molecule has 1 amide bonds. The molecule has 5 nitrogen and oxygen atoms in total. The van der Waals surface area contributed by atoms with Gasteiger partial charge in [0.25, 0.3) is 5.91 Å². The van der Waals surface area contributed by atoms with Gasteiger partial charge in [-0.2, -0.15) is 5.26 Å². The van der Waals surface area contributed by atoms with Crippen molar-refractivity contribution < 1.29 is 14.3 Å². The number of benzene rings is 1. The number of likely N-dealkylation sites (N-methyl/N-ethyl adjacent to an activating group) is 1. The Balaban J connectivity index is 2.56. The van der Waals surface area contributed by atoms with Crippen LogP contribution in [0.2, 0.25) is 0 Å². The molecular formula is C16H17BrN2O3. The Hall–Kier alpha value is -2.13. The van der Waals surface area contributed by atoms with Gasteiger partial charge in [0, 0.05) is 24.1 Å². The second-order valence-electron chi connectivity index (χ2n) is 4.60. The average molecular weight is 365 g/mol. The van der Waals surface area contributed by atoms with Gasteiger partial charge < -0.3 is 9.64 Å². The summed E-state index contributed by atoms with van der Waals surface area (Å²) < 4.78 is 5.92. The molecule has 0 spiro atoms. The maximum absolute atomic E-state index is 11.9. The van der Waals surface area contributed by atoms with Crippen molar-refractivity contribution in [3.8, 4) is 6.07 Å². The maximum atomic E-state index is 11.9. The molecule has 0 bridgehead atoms. The van der Waals surface area contributed by atoms with Gasteiger partial charge in [0.15, 0.2) is 6.10 Å². The van der Waals surface area contributed by atoms with Gasteiger partial charge in [-0.05, 0) is 24.6 Å². The number of esters is 1. The zero-order valence-electron chi connectivity index (χ0n) is 12.5. The quantitative estimate of drug-likeness (QED) is 0.574. The molecule has 1 rings (SSSR count). The van der Waals surface area contributed by atoms with Crippen molar-refractivity contribution >= 4 is 33.9 Å². The number of rotatable bonds is 6. The van der Waals surface area contributed by atoms with E-state index in [0.29, 0.717) is 6.54 Å². The van der Waals surface area contributed by atoms with Crippen LogP contribution < -0.4 is 0 Å². The van der Waals surface area contributed by atoms with Crippen molar-refractivity contribution in [1.29, 1.82) is 5.26 Å². The third-order valence-corrected chi connectivity index (χ3v) is 3.60. The Kier molecular flexibility index (Phi) is 7.33. The molecule has 0 radical (unpaired) electrons. The molecule has 0 unspecified atom stereocenters. The van der Waals surface area contributed by atoms with Crippen LogP contribution >= 0.6 is 15.9 Å². The third-order valence-electron chi connectivity index (χ3n) is 2.88.